The molecule has 4 nitrogen and oxygen atoms in total. The molecule has 4 heteroatoms. The topological polar surface area (TPSA) is 33.7 Å². The fraction of sp³-hybridized carbons (Fsp3) is 0.700. The highest BCUT2D eigenvalue weighted by molar-refractivity contribution is 5.14. The van der Waals surface area contributed by atoms with E-state index >= 15 is 0 Å². The van der Waals surface area contributed by atoms with Crippen LogP contribution in [0, 0.1) is 0 Å². The summed E-state index contributed by atoms with van der Waals surface area (Å²) in [7, 11) is 0. The quantitative estimate of drug-likeness (QED) is 0.900. The molecule has 1 unspecified atom stereocenters. The molecule has 1 aromatic carbocycles. The van der Waals surface area contributed by atoms with Crippen LogP contribution < -0.4 is 5.32 Å². The second-order valence-electron chi connectivity index (χ2n) is 7.47. The Morgan fingerprint density at radius 1 is 1.04 bits per heavy atom. The average molecular weight is 330 g/mol. The Kier molecular flexibility index (Phi) is 5.18. The van der Waals surface area contributed by atoms with Gasteiger partial charge in [-0.05, 0) is 50.8 Å². The van der Waals surface area contributed by atoms with Crippen molar-refractivity contribution >= 4 is 0 Å². The highest BCUT2D eigenvalue weighted by atomic mass is 16.7. The van der Waals surface area contributed by atoms with Gasteiger partial charge >= 0.3 is 0 Å². The van der Waals surface area contributed by atoms with Crippen LogP contribution in [0.5, 0.6) is 0 Å². The summed E-state index contributed by atoms with van der Waals surface area (Å²) in [5, 5.41) is 3.87. The lowest BCUT2D eigenvalue weighted by Gasteiger charge is -2.37. The minimum atomic E-state index is -0.301. The molecule has 1 saturated carbocycles. The molecule has 1 atom stereocenters. The van der Waals surface area contributed by atoms with Crippen molar-refractivity contribution in [3.8, 4) is 0 Å². The summed E-state index contributed by atoms with van der Waals surface area (Å²) in [6.45, 7) is 5.10. The van der Waals surface area contributed by atoms with Crippen LogP contribution in [0.4, 0.5) is 0 Å². The van der Waals surface area contributed by atoms with Gasteiger partial charge in [-0.3, -0.25) is 0 Å². The molecule has 0 amide bonds. The highest BCUT2D eigenvalue weighted by Gasteiger charge is 2.48. The molecule has 0 bridgehead atoms. The standard InChI is InChI=1S/C20H30N2O2/c1-2-5-17(6-3-1)8-12-22-13-9-18(10-14-22)21-19-7-4-11-20(19)23-15-16-24-20/h1-3,5-6,18-19,21H,4,7-16H2. The zero-order valence-corrected chi connectivity index (χ0v) is 14.6. The Morgan fingerprint density at radius 3 is 2.54 bits per heavy atom. The summed E-state index contributed by atoms with van der Waals surface area (Å²) in [6, 6.07) is 11.8. The van der Waals surface area contributed by atoms with Gasteiger partial charge in [-0.25, -0.2) is 0 Å². The molecule has 4 rings (SSSR count). The summed E-state index contributed by atoms with van der Waals surface area (Å²) >= 11 is 0. The first kappa shape index (κ1) is 16.5. The third-order valence-corrected chi connectivity index (χ3v) is 5.91. The van der Waals surface area contributed by atoms with E-state index in [2.05, 4.69) is 40.5 Å². The van der Waals surface area contributed by atoms with Crippen LogP contribution in [0.3, 0.4) is 0 Å². The molecule has 3 aliphatic rings. The molecular formula is C20H30N2O2. The molecule has 2 heterocycles. The van der Waals surface area contributed by atoms with E-state index < -0.39 is 0 Å². The van der Waals surface area contributed by atoms with E-state index in [9.17, 15) is 0 Å². The van der Waals surface area contributed by atoms with Crippen LogP contribution in [0.25, 0.3) is 0 Å². The molecule has 24 heavy (non-hydrogen) atoms. The number of likely N-dealkylation sites (tertiary alicyclic amines) is 1. The molecule has 3 fully saturated rings. The maximum Gasteiger partial charge on any atom is 0.183 e. The fourth-order valence-corrected chi connectivity index (χ4v) is 4.51. The maximum atomic E-state index is 5.97. The van der Waals surface area contributed by atoms with E-state index in [-0.39, 0.29) is 5.79 Å². The predicted octanol–water partition coefficient (Wildman–Crippen LogP) is 2.58. The van der Waals surface area contributed by atoms with Crippen molar-refractivity contribution in [1.29, 1.82) is 0 Å². The molecule has 1 spiro atoms. The molecule has 1 N–H and O–H groups in total. The van der Waals surface area contributed by atoms with Crippen LogP contribution in [0.2, 0.25) is 0 Å². The highest BCUT2D eigenvalue weighted by Crippen LogP contribution is 2.38. The largest absolute Gasteiger partial charge is 0.346 e. The number of nitrogens with one attached hydrogen (secondary N) is 1. The van der Waals surface area contributed by atoms with Crippen LogP contribution in [-0.2, 0) is 15.9 Å². The number of hydrogen-bond donors (Lipinski definition) is 1. The summed E-state index contributed by atoms with van der Waals surface area (Å²) in [4.78, 5) is 2.61. The second kappa shape index (κ2) is 7.52. The van der Waals surface area contributed by atoms with Gasteiger partial charge in [-0.15, -0.1) is 0 Å². The lowest BCUT2D eigenvalue weighted by atomic mass is 10.0. The lowest BCUT2D eigenvalue weighted by molar-refractivity contribution is -0.168. The van der Waals surface area contributed by atoms with Crippen molar-refractivity contribution in [3.05, 3.63) is 35.9 Å². The lowest BCUT2D eigenvalue weighted by Crippen LogP contribution is -2.54. The van der Waals surface area contributed by atoms with Crippen LogP contribution in [0.15, 0.2) is 30.3 Å². The number of rotatable bonds is 5. The van der Waals surface area contributed by atoms with E-state index in [1.54, 1.807) is 0 Å². The minimum Gasteiger partial charge on any atom is -0.346 e. The molecule has 1 aliphatic carbocycles. The zero-order valence-electron chi connectivity index (χ0n) is 14.6. The van der Waals surface area contributed by atoms with Gasteiger partial charge < -0.3 is 19.7 Å². The van der Waals surface area contributed by atoms with Crippen molar-refractivity contribution < 1.29 is 9.47 Å². The predicted molar refractivity (Wildman–Crippen MR) is 95.0 cm³/mol. The van der Waals surface area contributed by atoms with E-state index in [4.69, 9.17) is 9.47 Å². The summed E-state index contributed by atoms with van der Waals surface area (Å²) in [5.74, 6) is -0.301. The van der Waals surface area contributed by atoms with Crippen LogP contribution in [-0.4, -0.2) is 55.6 Å². The Hall–Kier alpha value is -0.940. The normalized spacial score (nSPS) is 27.9. The van der Waals surface area contributed by atoms with Gasteiger partial charge in [-0.2, -0.15) is 0 Å². The van der Waals surface area contributed by atoms with E-state index in [0.717, 1.165) is 26.1 Å². The number of hydrogen-bond acceptors (Lipinski definition) is 4. The van der Waals surface area contributed by atoms with E-state index in [1.165, 1.54) is 50.9 Å². The summed E-state index contributed by atoms with van der Waals surface area (Å²) in [5.41, 5.74) is 1.45. The summed E-state index contributed by atoms with van der Waals surface area (Å²) in [6.07, 6.45) is 7.09. The van der Waals surface area contributed by atoms with Crippen LogP contribution >= 0.6 is 0 Å². The first-order valence-electron chi connectivity index (χ1n) is 9.64. The maximum absolute atomic E-state index is 5.97. The number of nitrogens with zero attached hydrogens (tertiary/aromatic N) is 1. The van der Waals surface area contributed by atoms with Gasteiger partial charge in [0.05, 0.1) is 19.3 Å². The Morgan fingerprint density at radius 2 is 1.79 bits per heavy atom. The molecular weight excluding hydrogens is 300 g/mol. The van der Waals surface area contributed by atoms with Crippen molar-refractivity contribution in [2.24, 2.45) is 0 Å². The Labute approximate surface area is 145 Å². The second-order valence-corrected chi connectivity index (χ2v) is 7.47. The number of piperidine rings is 1. The molecule has 132 valence electrons. The average Bonchev–Trinajstić information content (AvgIpc) is 3.26. The monoisotopic (exact) mass is 330 g/mol. The summed E-state index contributed by atoms with van der Waals surface area (Å²) < 4.78 is 11.9. The SMILES string of the molecule is c1ccc(CCN2CCC(NC3CCCC34OCCO4)CC2)cc1. The van der Waals surface area contributed by atoms with Gasteiger partial charge in [0.15, 0.2) is 5.79 Å². The van der Waals surface area contributed by atoms with Crippen molar-refractivity contribution in [3.63, 3.8) is 0 Å². The first-order valence-corrected chi connectivity index (χ1v) is 9.64. The van der Waals surface area contributed by atoms with Crippen molar-refractivity contribution in [1.82, 2.24) is 10.2 Å². The van der Waals surface area contributed by atoms with Crippen molar-refractivity contribution in [2.75, 3.05) is 32.8 Å². The first-order chi connectivity index (χ1) is 11.8. The minimum absolute atomic E-state index is 0.301. The fourth-order valence-electron chi connectivity index (χ4n) is 4.51. The van der Waals surface area contributed by atoms with Crippen LogP contribution in [0.1, 0.15) is 37.7 Å². The third-order valence-electron chi connectivity index (χ3n) is 5.91. The Balaban J connectivity index is 1.22. The van der Waals surface area contributed by atoms with Gasteiger partial charge in [0.25, 0.3) is 0 Å². The number of benzene rings is 1. The Bertz CT molecular complexity index is 502. The smallest absolute Gasteiger partial charge is 0.183 e. The van der Waals surface area contributed by atoms with E-state index in [0.29, 0.717) is 12.1 Å². The molecule has 2 aliphatic heterocycles. The van der Waals surface area contributed by atoms with Crippen molar-refractivity contribution in [2.45, 2.75) is 56.4 Å². The van der Waals surface area contributed by atoms with Gasteiger partial charge in [-0.1, -0.05) is 30.3 Å². The van der Waals surface area contributed by atoms with Gasteiger partial charge in [0.1, 0.15) is 0 Å². The molecule has 1 aromatic rings. The molecule has 2 saturated heterocycles. The van der Waals surface area contributed by atoms with Gasteiger partial charge in [0, 0.05) is 19.0 Å². The number of ether oxygens (including phenoxy) is 2. The van der Waals surface area contributed by atoms with Gasteiger partial charge in [0.2, 0.25) is 0 Å². The molecule has 0 radical (unpaired) electrons. The zero-order chi connectivity index (χ0) is 16.2. The third kappa shape index (κ3) is 3.67. The molecule has 0 aromatic heterocycles. The van der Waals surface area contributed by atoms with E-state index in [1.807, 2.05) is 0 Å².